The topological polar surface area (TPSA) is 21.3 Å². The van der Waals surface area contributed by atoms with E-state index in [0.29, 0.717) is 6.04 Å². The second-order valence-corrected chi connectivity index (χ2v) is 3.68. The van der Waals surface area contributed by atoms with Gasteiger partial charge < -0.3 is 4.84 Å². The van der Waals surface area contributed by atoms with Crippen molar-refractivity contribution >= 4 is 11.8 Å². The molecule has 0 bridgehead atoms. The first-order valence-electron chi connectivity index (χ1n) is 3.88. The Bertz CT molecular complexity index is 83.7. The molecule has 0 aromatic carbocycles. The van der Waals surface area contributed by atoms with E-state index in [0.717, 1.165) is 13.0 Å². The lowest BCUT2D eigenvalue weighted by Gasteiger charge is -2.09. The van der Waals surface area contributed by atoms with E-state index < -0.39 is 0 Å². The van der Waals surface area contributed by atoms with Crippen LogP contribution in [0.3, 0.4) is 0 Å². The zero-order valence-corrected chi connectivity index (χ0v) is 7.25. The summed E-state index contributed by atoms with van der Waals surface area (Å²) >= 11 is 2.00. The molecule has 2 nitrogen and oxygen atoms in total. The molecule has 0 radical (unpaired) electrons. The Kier molecular flexibility index (Phi) is 4.18. The molecule has 0 aromatic heterocycles. The third-order valence-corrected chi connectivity index (χ3v) is 2.65. The molecule has 0 aliphatic carbocycles. The first kappa shape index (κ1) is 8.37. The summed E-state index contributed by atoms with van der Waals surface area (Å²) in [6, 6.07) is 0.608. The van der Waals surface area contributed by atoms with Crippen LogP contribution in [0.2, 0.25) is 0 Å². The Hall–Kier alpha value is 0.270. The molecule has 1 atom stereocenters. The van der Waals surface area contributed by atoms with Gasteiger partial charge in [0.15, 0.2) is 0 Å². The van der Waals surface area contributed by atoms with Crippen LogP contribution in [-0.2, 0) is 4.84 Å². The molecule has 0 spiro atoms. The Morgan fingerprint density at radius 3 is 3.20 bits per heavy atom. The third-order valence-electron chi connectivity index (χ3n) is 1.49. The highest BCUT2D eigenvalue weighted by Crippen LogP contribution is 2.16. The number of thioether (sulfide) groups is 1. The number of nitrogens with one attached hydrogen (secondary N) is 1. The molecule has 1 fully saturated rings. The average molecular weight is 161 g/mol. The van der Waals surface area contributed by atoms with Gasteiger partial charge >= 0.3 is 0 Å². The summed E-state index contributed by atoms with van der Waals surface area (Å²) in [6.07, 6.45) is 2.35. The van der Waals surface area contributed by atoms with Gasteiger partial charge in [-0.3, -0.25) is 0 Å². The fourth-order valence-corrected chi connectivity index (χ4v) is 2.04. The largest absolute Gasteiger partial charge is 0.302 e. The molecule has 0 saturated carbocycles. The molecule has 1 heterocycles. The molecule has 0 aromatic rings. The highest BCUT2D eigenvalue weighted by atomic mass is 32.2. The first-order valence-corrected chi connectivity index (χ1v) is 5.04. The number of hydrogen-bond donors (Lipinski definition) is 1. The van der Waals surface area contributed by atoms with E-state index in [4.69, 9.17) is 4.84 Å². The quantitative estimate of drug-likeness (QED) is 0.498. The maximum atomic E-state index is 5.20. The fourth-order valence-electron chi connectivity index (χ4n) is 0.906. The molecule has 10 heavy (non-hydrogen) atoms. The van der Waals surface area contributed by atoms with Crippen LogP contribution in [0.5, 0.6) is 0 Å². The van der Waals surface area contributed by atoms with E-state index in [-0.39, 0.29) is 0 Å². The predicted molar refractivity (Wildman–Crippen MR) is 45.1 cm³/mol. The predicted octanol–water partition coefficient (Wildman–Crippen LogP) is 1.42. The third kappa shape index (κ3) is 2.90. The van der Waals surface area contributed by atoms with E-state index in [1.807, 2.05) is 11.8 Å². The molecular formula is C7H15NOS. The molecule has 0 amide bonds. The molecule has 1 rings (SSSR count). The summed E-state index contributed by atoms with van der Waals surface area (Å²) in [5, 5.41) is 0. The van der Waals surface area contributed by atoms with E-state index >= 15 is 0 Å². The Labute approximate surface area is 66.7 Å². The lowest BCUT2D eigenvalue weighted by molar-refractivity contribution is 0.0222. The van der Waals surface area contributed by atoms with Crippen LogP contribution in [0.15, 0.2) is 0 Å². The SMILES string of the molecule is CCCONC1CCSC1. The van der Waals surface area contributed by atoms with Crippen molar-refractivity contribution < 1.29 is 4.84 Å². The van der Waals surface area contributed by atoms with Crippen molar-refractivity contribution in [3.8, 4) is 0 Å². The minimum absolute atomic E-state index is 0.608. The maximum Gasteiger partial charge on any atom is 0.0679 e. The smallest absolute Gasteiger partial charge is 0.0679 e. The van der Waals surface area contributed by atoms with Gasteiger partial charge in [-0.05, 0) is 18.6 Å². The van der Waals surface area contributed by atoms with Gasteiger partial charge in [-0.15, -0.1) is 0 Å². The lowest BCUT2D eigenvalue weighted by atomic mass is 10.3. The molecule has 1 unspecified atom stereocenters. The van der Waals surface area contributed by atoms with Crippen LogP contribution in [0, 0.1) is 0 Å². The number of hydrogen-bond acceptors (Lipinski definition) is 3. The van der Waals surface area contributed by atoms with Crippen LogP contribution < -0.4 is 5.48 Å². The summed E-state index contributed by atoms with van der Waals surface area (Å²) in [6.45, 7) is 2.95. The monoisotopic (exact) mass is 161 g/mol. The van der Waals surface area contributed by atoms with Gasteiger partial charge in [0.25, 0.3) is 0 Å². The normalized spacial score (nSPS) is 25.5. The lowest BCUT2D eigenvalue weighted by Crippen LogP contribution is -2.28. The van der Waals surface area contributed by atoms with Gasteiger partial charge in [0.05, 0.1) is 6.61 Å². The van der Waals surface area contributed by atoms with Crippen molar-refractivity contribution in [1.29, 1.82) is 0 Å². The Morgan fingerprint density at radius 1 is 1.70 bits per heavy atom. The van der Waals surface area contributed by atoms with E-state index in [9.17, 15) is 0 Å². The van der Waals surface area contributed by atoms with Gasteiger partial charge in [-0.25, -0.2) is 0 Å². The van der Waals surface area contributed by atoms with E-state index in [1.165, 1.54) is 17.9 Å². The molecule has 1 N–H and O–H groups in total. The highest BCUT2D eigenvalue weighted by Gasteiger charge is 2.14. The van der Waals surface area contributed by atoms with Gasteiger partial charge in [0.2, 0.25) is 0 Å². The zero-order chi connectivity index (χ0) is 7.23. The molecule has 1 aliphatic rings. The minimum atomic E-state index is 0.608. The molecule has 3 heteroatoms. The van der Waals surface area contributed by atoms with Crippen molar-refractivity contribution in [2.75, 3.05) is 18.1 Å². The van der Waals surface area contributed by atoms with Gasteiger partial charge in [-0.2, -0.15) is 17.2 Å². The highest BCUT2D eigenvalue weighted by molar-refractivity contribution is 7.99. The van der Waals surface area contributed by atoms with Crippen molar-refractivity contribution in [3.05, 3.63) is 0 Å². The Balaban J connectivity index is 1.91. The number of rotatable bonds is 4. The summed E-state index contributed by atoms with van der Waals surface area (Å²) in [5.41, 5.74) is 3.06. The van der Waals surface area contributed by atoms with Gasteiger partial charge in [0.1, 0.15) is 0 Å². The maximum absolute atomic E-state index is 5.20. The molecule has 1 saturated heterocycles. The fraction of sp³-hybridized carbons (Fsp3) is 1.00. The summed E-state index contributed by atoms with van der Waals surface area (Å²) in [4.78, 5) is 5.20. The summed E-state index contributed by atoms with van der Waals surface area (Å²) in [5.74, 6) is 2.50. The van der Waals surface area contributed by atoms with Crippen LogP contribution in [-0.4, -0.2) is 24.2 Å². The van der Waals surface area contributed by atoms with Crippen LogP contribution in [0.25, 0.3) is 0 Å². The van der Waals surface area contributed by atoms with Crippen molar-refractivity contribution in [3.63, 3.8) is 0 Å². The molecule has 1 aliphatic heterocycles. The van der Waals surface area contributed by atoms with Crippen LogP contribution in [0.4, 0.5) is 0 Å². The Morgan fingerprint density at radius 2 is 2.60 bits per heavy atom. The van der Waals surface area contributed by atoms with Crippen molar-refractivity contribution in [1.82, 2.24) is 5.48 Å². The second-order valence-electron chi connectivity index (χ2n) is 2.53. The first-order chi connectivity index (χ1) is 4.93. The minimum Gasteiger partial charge on any atom is -0.302 e. The average Bonchev–Trinajstić information content (AvgIpc) is 2.41. The summed E-state index contributed by atoms with van der Waals surface area (Å²) < 4.78 is 0. The standard InChI is InChI=1S/C7H15NOS/c1-2-4-9-8-7-3-5-10-6-7/h7-8H,2-6H2,1H3. The molecule has 60 valence electrons. The zero-order valence-electron chi connectivity index (χ0n) is 6.43. The second kappa shape index (κ2) is 4.99. The number of hydroxylamine groups is 1. The van der Waals surface area contributed by atoms with Gasteiger partial charge in [0, 0.05) is 11.8 Å². The van der Waals surface area contributed by atoms with Crippen LogP contribution in [0.1, 0.15) is 19.8 Å². The van der Waals surface area contributed by atoms with Crippen molar-refractivity contribution in [2.24, 2.45) is 0 Å². The van der Waals surface area contributed by atoms with E-state index in [2.05, 4.69) is 12.4 Å². The van der Waals surface area contributed by atoms with Crippen molar-refractivity contribution in [2.45, 2.75) is 25.8 Å². The van der Waals surface area contributed by atoms with Gasteiger partial charge in [-0.1, -0.05) is 6.92 Å². The molecular weight excluding hydrogens is 146 g/mol. The summed E-state index contributed by atoms with van der Waals surface area (Å²) in [7, 11) is 0. The van der Waals surface area contributed by atoms with Crippen LogP contribution >= 0.6 is 11.8 Å². The van der Waals surface area contributed by atoms with E-state index in [1.54, 1.807) is 0 Å².